The molecular formula is C19H19N3O3. The van der Waals surface area contributed by atoms with E-state index in [1.165, 1.54) is 0 Å². The molecule has 128 valence electrons. The van der Waals surface area contributed by atoms with Crippen molar-refractivity contribution in [3.8, 4) is 11.8 Å². The molecule has 6 heteroatoms. The van der Waals surface area contributed by atoms with Crippen LogP contribution in [0.4, 0.5) is 5.69 Å². The Morgan fingerprint density at radius 3 is 2.68 bits per heavy atom. The Balaban J connectivity index is 1.77. The second kappa shape index (κ2) is 9.08. The summed E-state index contributed by atoms with van der Waals surface area (Å²) in [6, 6.07) is 16.0. The SMILES string of the molecule is CCc1ccccc1NC(=O)CNC(=O)COc1cccc(C#N)c1. The molecule has 0 aromatic heterocycles. The van der Waals surface area contributed by atoms with Crippen LogP contribution in [0.15, 0.2) is 48.5 Å². The van der Waals surface area contributed by atoms with Crippen molar-refractivity contribution in [2.75, 3.05) is 18.5 Å². The zero-order valence-corrected chi connectivity index (χ0v) is 13.9. The topological polar surface area (TPSA) is 91.2 Å². The van der Waals surface area contributed by atoms with E-state index in [1.807, 2.05) is 37.3 Å². The summed E-state index contributed by atoms with van der Waals surface area (Å²) in [7, 11) is 0. The number of nitrogens with zero attached hydrogens (tertiary/aromatic N) is 1. The number of aryl methyl sites for hydroxylation is 1. The number of hydrogen-bond acceptors (Lipinski definition) is 4. The third-order valence-electron chi connectivity index (χ3n) is 3.45. The maximum absolute atomic E-state index is 11.9. The van der Waals surface area contributed by atoms with Gasteiger partial charge in [-0.05, 0) is 36.2 Å². The van der Waals surface area contributed by atoms with Crippen LogP contribution in [0.25, 0.3) is 0 Å². The molecule has 2 amide bonds. The van der Waals surface area contributed by atoms with Crippen molar-refractivity contribution in [2.45, 2.75) is 13.3 Å². The molecule has 2 N–H and O–H groups in total. The van der Waals surface area contributed by atoms with Gasteiger partial charge in [0.15, 0.2) is 6.61 Å². The maximum Gasteiger partial charge on any atom is 0.258 e. The first-order valence-corrected chi connectivity index (χ1v) is 7.89. The zero-order valence-electron chi connectivity index (χ0n) is 13.9. The number of anilines is 1. The summed E-state index contributed by atoms with van der Waals surface area (Å²) in [6.07, 6.45) is 0.804. The van der Waals surface area contributed by atoms with Gasteiger partial charge in [0.1, 0.15) is 5.75 Å². The minimum absolute atomic E-state index is 0.140. The van der Waals surface area contributed by atoms with Crippen LogP contribution in [0.5, 0.6) is 5.75 Å². The van der Waals surface area contributed by atoms with Crippen molar-refractivity contribution in [1.82, 2.24) is 5.32 Å². The van der Waals surface area contributed by atoms with E-state index in [0.29, 0.717) is 11.3 Å². The summed E-state index contributed by atoms with van der Waals surface area (Å²) < 4.78 is 5.30. The van der Waals surface area contributed by atoms with Crippen molar-refractivity contribution in [2.24, 2.45) is 0 Å². The standard InChI is InChI=1S/C19H19N3O3/c1-2-15-7-3-4-9-17(15)22-18(23)12-21-19(24)13-25-16-8-5-6-14(10-16)11-20/h3-10H,2,12-13H2,1H3,(H,21,24)(H,22,23). The molecule has 0 saturated heterocycles. The second-order valence-electron chi connectivity index (χ2n) is 5.26. The van der Waals surface area contributed by atoms with E-state index in [9.17, 15) is 9.59 Å². The highest BCUT2D eigenvalue weighted by Gasteiger charge is 2.08. The summed E-state index contributed by atoms with van der Waals surface area (Å²) in [4.78, 5) is 23.7. The molecule has 2 rings (SSSR count). The fraction of sp³-hybridized carbons (Fsp3) is 0.211. The van der Waals surface area contributed by atoms with Crippen LogP contribution in [0.2, 0.25) is 0 Å². The molecule has 0 saturated carbocycles. The number of nitriles is 1. The number of ether oxygens (including phenoxy) is 1. The molecule has 0 heterocycles. The molecule has 0 unspecified atom stereocenters. The van der Waals surface area contributed by atoms with E-state index < -0.39 is 5.91 Å². The minimum Gasteiger partial charge on any atom is -0.484 e. The van der Waals surface area contributed by atoms with Crippen molar-refractivity contribution in [1.29, 1.82) is 5.26 Å². The van der Waals surface area contributed by atoms with Crippen molar-refractivity contribution in [3.05, 3.63) is 59.7 Å². The van der Waals surface area contributed by atoms with Crippen molar-refractivity contribution >= 4 is 17.5 Å². The average molecular weight is 337 g/mol. The fourth-order valence-electron chi connectivity index (χ4n) is 2.18. The molecule has 0 atom stereocenters. The maximum atomic E-state index is 11.9. The Kier molecular flexibility index (Phi) is 6.55. The monoisotopic (exact) mass is 337 g/mol. The molecule has 0 aliphatic rings. The minimum atomic E-state index is -0.415. The highest BCUT2D eigenvalue weighted by Crippen LogP contribution is 2.15. The van der Waals surface area contributed by atoms with E-state index in [-0.39, 0.29) is 19.1 Å². The smallest absolute Gasteiger partial charge is 0.258 e. The van der Waals surface area contributed by atoms with Gasteiger partial charge in [0, 0.05) is 5.69 Å². The Bertz CT molecular complexity index is 796. The Labute approximate surface area is 146 Å². The predicted octanol–water partition coefficient (Wildman–Crippen LogP) is 2.25. The first-order valence-electron chi connectivity index (χ1n) is 7.89. The fourth-order valence-corrected chi connectivity index (χ4v) is 2.18. The number of para-hydroxylation sites is 1. The third-order valence-corrected chi connectivity index (χ3v) is 3.45. The molecule has 0 radical (unpaired) electrons. The molecule has 2 aromatic carbocycles. The van der Waals surface area contributed by atoms with E-state index in [2.05, 4.69) is 10.6 Å². The number of hydrogen-bond donors (Lipinski definition) is 2. The molecular weight excluding hydrogens is 318 g/mol. The molecule has 0 bridgehead atoms. The Morgan fingerprint density at radius 1 is 1.12 bits per heavy atom. The summed E-state index contributed by atoms with van der Waals surface area (Å²) in [6.45, 7) is 1.64. The van der Waals surface area contributed by atoms with Gasteiger partial charge in [-0.3, -0.25) is 9.59 Å². The summed E-state index contributed by atoms with van der Waals surface area (Å²) in [5.74, 6) is -0.294. The molecule has 0 fully saturated rings. The number of benzene rings is 2. The van der Waals surface area contributed by atoms with Gasteiger partial charge in [-0.25, -0.2) is 0 Å². The van der Waals surface area contributed by atoms with Crippen LogP contribution < -0.4 is 15.4 Å². The molecule has 25 heavy (non-hydrogen) atoms. The first kappa shape index (κ1) is 18.0. The van der Waals surface area contributed by atoms with Gasteiger partial charge >= 0.3 is 0 Å². The van der Waals surface area contributed by atoms with Gasteiger partial charge < -0.3 is 15.4 Å². The highest BCUT2D eigenvalue weighted by atomic mass is 16.5. The number of carbonyl (C=O) groups is 2. The Morgan fingerprint density at radius 2 is 1.92 bits per heavy atom. The van der Waals surface area contributed by atoms with Crippen LogP contribution in [-0.4, -0.2) is 25.0 Å². The number of nitrogens with one attached hydrogen (secondary N) is 2. The summed E-state index contributed by atoms with van der Waals surface area (Å²) >= 11 is 0. The number of rotatable bonds is 7. The number of amides is 2. The van der Waals surface area contributed by atoms with E-state index in [0.717, 1.165) is 17.7 Å². The van der Waals surface area contributed by atoms with Gasteiger partial charge in [0.2, 0.25) is 5.91 Å². The van der Waals surface area contributed by atoms with Crippen LogP contribution in [0, 0.1) is 11.3 Å². The van der Waals surface area contributed by atoms with E-state index in [1.54, 1.807) is 24.3 Å². The molecule has 0 aliphatic heterocycles. The first-order chi connectivity index (χ1) is 12.1. The second-order valence-corrected chi connectivity index (χ2v) is 5.26. The van der Waals surface area contributed by atoms with Gasteiger partial charge in [-0.1, -0.05) is 31.2 Å². The van der Waals surface area contributed by atoms with Gasteiger partial charge in [-0.15, -0.1) is 0 Å². The van der Waals surface area contributed by atoms with Gasteiger partial charge in [0.05, 0.1) is 18.2 Å². The quantitative estimate of drug-likeness (QED) is 0.811. The van der Waals surface area contributed by atoms with Crippen molar-refractivity contribution < 1.29 is 14.3 Å². The lowest BCUT2D eigenvalue weighted by atomic mass is 10.1. The molecule has 6 nitrogen and oxygen atoms in total. The van der Waals surface area contributed by atoms with E-state index >= 15 is 0 Å². The van der Waals surface area contributed by atoms with E-state index in [4.69, 9.17) is 10.00 Å². The summed E-state index contributed by atoms with van der Waals surface area (Å²) in [5, 5.41) is 14.1. The molecule has 0 aliphatic carbocycles. The van der Waals surface area contributed by atoms with Crippen molar-refractivity contribution in [3.63, 3.8) is 0 Å². The average Bonchev–Trinajstić information content (AvgIpc) is 2.65. The van der Waals surface area contributed by atoms with Crippen LogP contribution in [-0.2, 0) is 16.0 Å². The number of carbonyl (C=O) groups excluding carboxylic acids is 2. The highest BCUT2D eigenvalue weighted by molar-refractivity contribution is 5.95. The van der Waals surface area contributed by atoms with Gasteiger partial charge in [0.25, 0.3) is 5.91 Å². The third kappa shape index (κ3) is 5.66. The molecule has 2 aromatic rings. The lowest BCUT2D eigenvalue weighted by Gasteiger charge is -2.10. The lowest BCUT2D eigenvalue weighted by Crippen LogP contribution is -2.35. The van der Waals surface area contributed by atoms with Crippen LogP contribution in [0.1, 0.15) is 18.1 Å². The summed E-state index contributed by atoms with van der Waals surface area (Å²) in [5.41, 5.74) is 2.23. The van der Waals surface area contributed by atoms with Crippen LogP contribution in [0.3, 0.4) is 0 Å². The normalized spacial score (nSPS) is 9.76. The largest absolute Gasteiger partial charge is 0.484 e. The lowest BCUT2D eigenvalue weighted by molar-refractivity contribution is -0.125. The Hall–Kier alpha value is -3.33. The van der Waals surface area contributed by atoms with Crippen LogP contribution >= 0.6 is 0 Å². The molecule has 0 spiro atoms. The zero-order chi connectivity index (χ0) is 18.1. The predicted molar refractivity (Wildman–Crippen MR) is 94.1 cm³/mol. The van der Waals surface area contributed by atoms with Gasteiger partial charge in [-0.2, -0.15) is 5.26 Å².